The van der Waals surface area contributed by atoms with Gasteiger partial charge in [-0.2, -0.15) is 0 Å². The molecule has 3 nitrogen and oxygen atoms in total. The van der Waals surface area contributed by atoms with Gasteiger partial charge in [-0.1, -0.05) is 6.07 Å². The summed E-state index contributed by atoms with van der Waals surface area (Å²) < 4.78 is 0. The number of carbonyl (C=O) groups is 1. The lowest BCUT2D eigenvalue weighted by molar-refractivity contribution is -0.130. The van der Waals surface area contributed by atoms with Gasteiger partial charge in [-0.25, -0.2) is 0 Å². The smallest absolute Gasteiger partial charge is 0.222 e. The molecule has 3 heteroatoms. The maximum absolute atomic E-state index is 11.9. The van der Waals surface area contributed by atoms with E-state index in [0.717, 1.165) is 0 Å². The van der Waals surface area contributed by atoms with Crippen LogP contribution in [0.1, 0.15) is 40.7 Å². The van der Waals surface area contributed by atoms with Gasteiger partial charge in [-0.3, -0.25) is 4.79 Å². The summed E-state index contributed by atoms with van der Waals surface area (Å²) in [6, 6.07) is 2.20. The van der Waals surface area contributed by atoms with E-state index in [0.29, 0.717) is 19.4 Å². The van der Waals surface area contributed by atoms with Crippen LogP contribution in [-0.4, -0.2) is 29.6 Å². The van der Waals surface area contributed by atoms with Gasteiger partial charge in [0.25, 0.3) is 0 Å². The Morgan fingerprint density at radius 3 is 2.16 bits per heavy atom. The van der Waals surface area contributed by atoms with E-state index in [4.69, 9.17) is 5.11 Å². The minimum absolute atomic E-state index is 0.0706. The number of aliphatic hydroxyl groups is 1. The SMILES string of the molecule is Cc1cc(C)c(C)c(CN(C)C(=O)CCCO)c1C. The van der Waals surface area contributed by atoms with Gasteiger partial charge in [0.2, 0.25) is 5.91 Å². The number of carbonyl (C=O) groups excluding carboxylic acids is 1. The first-order valence-electron chi connectivity index (χ1n) is 6.79. The molecular formula is C16H25NO2. The highest BCUT2D eigenvalue weighted by atomic mass is 16.3. The predicted octanol–water partition coefficient (Wildman–Crippen LogP) is 2.65. The molecule has 1 aromatic rings. The number of rotatable bonds is 5. The normalized spacial score (nSPS) is 10.6. The first-order chi connectivity index (χ1) is 8.88. The van der Waals surface area contributed by atoms with Gasteiger partial charge in [-0.05, 0) is 61.9 Å². The Balaban J connectivity index is 2.90. The van der Waals surface area contributed by atoms with Crippen molar-refractivity contribution in [2.24, 2.45) is 0 Å². The zero-order chi connectivity index (χ0) is 14.6. The summed E-state index contributed by atoms with van der Waals surface area (Å²) in [6.07, 6.45) is 0.948. The minimum Gasteiger partial charge on any atom is -0.396 e. The lowest BCUT2D eigenvalue weighted by Crippen LogP contribution is -2.27. The molecule has 0 bridgehead atoms. The topological polar surface area (TPSA) is 40.5 Å². The van der Waals surface area contributed by atoms with E-state index in [1.807, 2.05) is 7.05 Å². The molecular weight excluding hydrogens is 238 g/mol. The molecule has 106 valence electrons. The molecule has 0 fully saturated rings. The van der Waals surface area contributed by atoms with Crippen molar-refractivity contribution >= 4 is 5.91 Å². The van der Waals surface area contributed by atoms with Crippen LogP contribution in [0, 0.1) is 27.7 Å². The molecule has 0 aliphatic carbocycles. The van der Waals surface area contributed by atoms with Crippen LogP contribution in [0.2, 0.25) is 0 Å². The van der Waals surface area contributed by atoms with E-state index >= 15 is 0 Å². The van der Waals surface area contributed by atoms with Gasteiger partial charge in [-0.15, -0.1) is 0 Å². The monoisotopic (exact) mass is 263 g/mol. The van der Waals surface area contributed by atoms with Crippen molar-refractivity contribution in [3.8, 4) is 0 Å². The maximum Gasteiger partial charge on any atom is 0.222 e. The maximum atomic E-state index is 11.9. The summed E-state index contributed by atoms with van der Waals surface area (Å²) in [5.41, 5.74) is 6.33. The van der Waals surface area contributed by atoms with Crippen molar-refractivity contribution in [1.82, 2.24) is 4.90 Å². The fourth-order valence-corrected chi connectivity index (χ4v) is 2.28. The van der Waals surface area contributed by atoms with E-state index in [1.54, 1.807) is 4.90 Å². The quantitative estimate of drug-likeness (QED) is 0.887. The summed E-state index contributed by atoms with van der Waals surface area (Å²) in [6.45, 7) is 9.16. The van der Waals surface area contributed by atoms with E-state index in [-0.39, 0.29) is 12.5 Å². The van der Waals surface area contributed by atoms with Crippen molar-refractivity contribution in [1.29, 1.82) is 0 Å². The Labute approximate surface area is 116 Å². The predicted molar refractivity (Wildman–Crippen MR) is 78.2 cm³/mol. The Kier molecular flexibility index (Phi) is 5.55. The Morgan fingerprint density at radius 1 is 1.16 bits per heavy atom. The van der Waals surface area contributed by atoms with Crippen molar-refractivity contribution in [2.75, 3.05) is 13.7 Å². The Hall–Kier alpha value is -1.35. The Bertz CT molecular complexity index is 440. The van der Waals surface area contributed by atoms with E-state index < -0.39 is 0 Å². The molecule has 0 atom stereocenters. The zero-order valence-corrected chi connectivity index (χ0v) is 12.7. The first-order valence-corrected chi connectivity index (χ1v) is 6.79. The van der Waals surface area contributed by atoms with E-state index in [1.165, 1.54) is 27.8 Å². The van der Waals surface area contributed by atoms with Crippen LogP contribution in [0.3, 0.4) is 0 Å². The summed E-state index contributed by atoms with van der Waals surface area (Å²) in [4.78, 5) is 13.7. The third-order valence-corrected chi connectivity index (χ3v) is 3.89. The first kappa shape index (κ1) is 15.7. The van der Waals surface area contributed by atoms with Crippen LogP contribution in [0.5, 0.6) is 0 Å². The third-order valence-electron chi connectivity index (χ3n) is 3.89. The molecule has 0 saturated carbocycles. The number of benzene rings is 1. The number of aryl methyl sites for hydroxylation is 2. The molecule has 0 aliphatic rings. The molecule has 0 spiro atoms. The minimum atomic E-state index is 0.0706. The van der Waals surface area contributed by atoms with Gasteiger partial charge in [0, 0.05) is 26.6 Å². The molecule has 0 radical (unpaired) electrons. The molecule has 0 aliphatic heterocycles. The van der Waals surface area contributed by atoms with Crippen LogP contribution in [0.15, 0.2) is 6.07 Å². The Morgan fingerprint density at radius 2 is 1.68 bits per heavy atom. The fourth-order valence-electron chi connectivity index (χ4n) is 2.28. The zero-order valence-electron chi connectivity index (χ0n) is 12.7. The summed E-state index contributed by atoms with van der Waals surface area (Å²) >= 11 is 0. The van der Waals surface area contributed by atoms with Gasteiger partial charge in [0.1, 0.15) is 0 Å². The lowest BCUT2D eigenvalue weighted by atomic mass is 9.94. The van der Waals surface area contributed by atoms with Gasteiger partial charge in [0.15, 0.2) is 0 Å². The largest absolute Gasteiger partial charge is 0.396 e. The van der Waals surface area contributed by atoms with Crippen molar-refractivity contribution in [2.45, 2.75) is 47.1 Å². The second-order valence-corrected chi connectivity index (χ2v) is 5.32. The van der Waals surface area contributed by atoms with Crippen molar-refractivity contribution in [3.63, 3.8) is 0 Å². The second kappa shape index (κ2) is 6.71. The standard InChI is InChI=1S/C16H25NO2/c1-11-9-12(2)14(4)15(13(11)3)10-17(5)16(19)7-6-8-18/h9,18H,6-8,10H2,1-5H3. The molecule has 1 amide bonds. The summed E-state index contributed by atoms with van der Waals surface area (Å²) in [5.74, 6) is 0.0898. The van der Waals surface area contributed by atoms with E-state index in [9.17, 15) is 4.79 Å². The average molecular weight is 263 g/mol. The highest BCUT2D eigenvalue weighted by molar-refractivity contribution is 5.76. The number of nitrogens with zero attached hydrogens (tertiary/aromatic N) is 1. The lowest BCUT2D eigenvalue weighted by Gasteiger charge is -2.22. The molecule has 19 heavy (non-hydrogen) atoms. The number of hydrogen-bond acceptors (Lipinski definition) is 2. The summed E-state index contributed by atoms with van der Waals surface area (Å²) in [7, 11) is 1.83. The number of hydrogen-bond donors (Lipinski definition) is 1. The van der Waals surface area contributed by atoms with Gasteiger partial charge in [0.05, 0.1) is 0 Å². The number of amides is 1. The molecule has 1 rings (SSSR count). The molecule has 1 N–H and O–H groups in total. The number of aliphatic hydroxyl groups excluding tert-OH is 1. The van der Waals surface area contributed by atoms with Gasteiger partial charge >= 0.3 is 0 Å². The molecule has 0 heterocycles. The fraction of sp³-hybridized carbons (Fsp3) is 0.562. The molecule has 0 saturated heterocycles. The van der Waals surface area contributed by atoms with Crippen LogP contribution in [-0.2, 0) is 11.3 Å². The molecule has 1 aromatic carbocycles. The highest BCUT2D eigenvalue weighted by Crippen LogP contribution is 2.23. The third kappa shape index (κ3) is 3.80. The summed E-state index contributed by atoms with van der Waals surface area (Å²) in [5, 5.41) is 8.78. The van der Waals surface area contributed by atoms with Gasteiger partial charge < -0.3 is 10.0 Å². The second-order valence-electron chi connectivity index (χ2n) is 5.32. The van der Waals surface area contributed by atoms with Crippen LogP contribution in [0.4, 0.5) is 0 Å². The molecule has 0 unspecified atom stereocenters. The van der Waals surface area contributed by atoms with E-state index in [2.05, 4.69) is 33.8 Å². The van der Waals surface area contributed by atoms with Crippen LogP contribution >= 0.6 is 0 Å². The van der Waals surface area contributed by atoms with Crippen molar-refractivity contribution < 1.29 is 9.90 Å². The molecule has 0 aromatic heterocycles. The van der Waals surface area contributed by atoms with Crippen LogP contribution in [0.25, 0.3) is 0 Å². The van der Waals surface area contributed by atoms with Crippen LogP contribution < -0.4 is 0 Å². The highest BCUT2D eigenvalue weighted by Gasteiger charge is 2.14. The van der Waals surface area contributed by atoms with Crippen molar-refractivity contribution in [3.05, 3.63) is 33.9 Å². The average Bonchev–Trinajstić information content (AvgIpc) is 2.38.